The molecule has 0 aliphatic heterocycles. The van der Waals surface area contributed by atoms with Crippen LogP contribution in [0.4, 0.5) is 0 Å². The first-order chi connectivity index (χ1) is 12.2. The third-order valence-corrected chi connectivity index (χ3v) is 4.70. The summed E-state index contributed by atoms with van der Waals surface area (Å²) in [6, 6.07) is 14.6. The van der Waals surface area contributed by atoms with Crippen LogP contribution >= 0.6 is 22.9 Å². The molecule has 3 aromatic rings. The van der Waals surface area contributed by atoms with Crippen LogP contribution in [0.5, 0.6) is 0 Å². The summed E-state index contributed by atoms with van der Waals surface area (Å²) >= 11 is 7.57. The maximum Gasteiger partial charge on any atom is 0.144 e. The number of hydrogen-bond acceptors (Lipinski definition) is 5. The third-order valence-electron chi connectivity index (χ3n) is 3.69. The van der Waals surface area contributed by atoms with Crippen molar-refractivity contribution in [2.45, 2.75) is 12.8 Å². The van der Waals surface area contributed by atoms with Crippen LogP contribution in [-0.2, 0) is 17.6 Å². The second kappa shape index (κ2) is 8.05. The maximum absolute atomic E-state index is 12.4. The molecule has 0 spiro atoms. The van der Waals surface area contributed by atoms with E-state index >= 15 is 0 Å². The van der Waals surface area contributed by atoms with Gasteiger partial charge in [-0.15, -0.1) is 11.3 Å². The number of aromatic nitrogens is 1. The number of thiazole rings is 1. The second-order valence-corrected chi connectivity index (χ2v) is 6.85. The number of carbonyl (C=O) groups is 1. The van der Waals surface area contributed by atoms with Crippen LogP contribution in [0.3, 0.4) is 0 Å². The van der Waals surface area contributed by atoms with Crippen molar-refractivity contribution in [2.24, 2.45) is 5.16 Å². The largest absolute Gasteiger partial charge is 0.410 e. The highest BCUT2D eigenvalue weighted by Gasteiger charge is 2.16. The Morgan fingerprint density at radius 2 is 1.96 bits per heavy atom. The van der Waals surface area contributed by atoms with E-state index in [1.54, 1.807) is 24.4 Å². The van der Waals surface area contributed by atoms with Crippen LogP contribution in [0.1, 0.15) is 21.7 Å². The molecule has 25 heavy (non-hydrogen) atoms. The van der Waals surface area contributed by atoms with Gasteiger partial charge in [-0.1, -0.05) is 53.2 Å². The number of carbonyl (C=O) groups excluding carboxylic acids is 1. The molecular weight excluding hydrogens is 356 g/mol. The first-order valence-corrected chi connectivity index (χ1v) is 8.89. The Morgan fingerprint density at radius 3 is 2.64 bits per heavy atom. The molecule has 0 aliphatic rings. The van der Waals surface area contributed by atoms with Crippen molar-refractivity contribution in [3.8, 4) is 0 Å². The molecule has 1 N–H and O–H groups in total. The van der Waals surface area contributed by atoms with Gasteiger partial charge in [0.15, 0.2) is 0 Å². The SMILES string of the molecule is O=C(Cc1nccs1)Cc1cc(Cl)ccc1/C(=N/O)c1ccccc1. The Kier molecular flexibility index (Phi) is 5.58. The summed E-state index contributed by atoms with van der Waals surface area (Å²) in [6.07, 6.45) is 2.16. The van der Waals surface area contributed by atoms with Gasteiger partial charge in [-0.2, -0.15) is 0 Å². The molecule has 1 heterocycles. The number of Topliss-reactive ketones (excluding diaryl/α,β-unsaturated/α-hetero) is 1. The van der Waals surface area contributed by atoms with Crippen LogP contribution in [-0.4, -0.2) is 21.7 Å². The molecule has 1 aromatic heterocycles. The lowest BCUT2D eigenvalue weighted by Crippen LogP contribution is -2.12. The normalized spacial score (nSPS) is 11.5. The fourth-order valence-corrected chi connectivity index (χ4v) is 3.43. The number of hydrogen-bond donors (Lipinski definition) is 1. The van der Waals surface area contributed by atoms with E-state index in [9.17, 15) is 10.0 Å². The monoisotopic (exact) mass is 370 g/mol. The highest BCUT2D eigenvalue weighted by molar-refractivity contribution is 7.09. The van der Waals surface area contributed by atoms with Crippen LogP contribution in [0.15, 0.2) is 65.3 Å². The van der Waals surface area contributed by atoms with Gasteiger partial charge in [0.25, 0.3) is 0 Å². The molecule has 0 amide bonds. The Balaban J connectivity index is 1.91. The minimum absolute atomic E-state index is 0.0313. The molecule has 0 bridgehead atoms. The molecule has 3 rings (SSSR count). The summed E-state index contributed by atoms with van der Waals surface area (Å²) in [7, 11) is 0. The van der Waals surface area contributed by atoms with Crippen molar-refractivity contribution in [1.29, 1.82) is 0 Å². The molecule has 0 saturated heterocycles. The summed E-state index contributed by atoms with van der Waals surface area (Å²) < 4.78 is 0. The maximum atomic E-state index is 12.4. The fourth-order valence-electron chi connectivity index (χ4n) is 2.59. The zero-order chi connectivity index (χ0) is 17.6. The average Bonchev–Trinajstić information content (AvgIpc) is 3.11. The van der Waals surface area contributed by atoms with E-state index in [1.165, 1.54) is 11.3 Å². The Morgan fingerprint density at radius 1 is 1.16 bits per heavy atom. The molecule has 2 aromatic carbocycles. The second-order valence-electron chi connectivity index (χ2n) is 5.43. The first-order valence-electron chi connectivity index (χ1n) is 7.63. The molecule has 6 heteroatoms. The molecule has 126 valence electrons. The minimum atomic E-state index is 0.0313. The summed E-state index contributed by atoms with van der Waals surface area (Å²) in [5.41, 5.74) is 2.59. The lowest BCUT2D eigenvalue weighted by Gasteiger charge is -2.11. The molecule has 0 radical (unpaired) electrons. The van der Waals surface area contributed by atoms with E-state index in [2.05, 4.69) is 10.1 Å². The number of rotatable bonds is 6. The van der Waals surface area contributed by atoms with Gasteiger partial charge in [0.2, 0.25) is 0 Å². The van der Waals surface area contributed by atoms with Gasteiger partial charge in [-0.3, -0.25) is 4.79 Å². The lowest BCUT2D eigenvalue weighted by molar-refractivity contribution is -0.117. The smallest absolute Gasteiger partial charge is 0.144 e. The fraction of sp³-hybridized carbons (Fsp3) is 0.105. The zero-order valence-corrected chi connectivity index (χ0v) is 14.8. The molecule has 0 fully saturated rings. The zero-order valence-electron chi connectivity index (χ0n) is 13.2. The van der Waals surface area contributed by atoms with Crippen LogP contribution < -0.4 is 0 Å². The minimum Gasteiger partial charge on any atom is -0.410 e. The van der Waals surface area contributed by atoms with E-state index in [4.69, 9.17) is 11.6 Å². The van der Waals surface area contributed by atoms with Gasteiger partial charge in [0.05, 0.1) is 11.4 Å². The standard InChI is InChI=1S/C19H15ClN2O2S/c20-15-6-7-17(19(22-24)13-4-2-1-3-5-13)14(10-15)11-16(23)12-18-21-8-9-25-18/h1-10,24H,11-12H2/b22-19+. The van der Waals surface area contributed by atoms with Gasteiger partial charge in [-0.25, -0.2) is 4.98 Å². The average molecular weight is 371 g/mol. The molecule has 0 saturated carbocycles. The molecule has 0 atom stereocenters. The van der Waals surface area contributed by atoms with Gasteiger partial charge >= 0.3 is 0 Å². The van der Waals surface area contributed by atoms with Gasteiger partial charge in [-0.05, 0) is 17.7 Å². The number of halogens is 1. The van der Waals surface area contributed by atoms with E-state index in [0.29, 0.717) is 16.3 Å². The summed E-state index contributed by atoms with van der Waals surface area (Å²) in [6.45, 7) is 0. The van der Waals surface area contributed by atoms with Crippen molar-refractivity contribution in [3.05, 3.63) is 86.8 Å². The summed E-state index contributed by atoms with van der Waals surface area (Å²) in [4.78, 5) is 16.6. The van der Waals surface area contributed by atoms with Crippen molar-refractivity contribution in [1.82, 2.24) is 4.98 Å². The van der Waals surface area contributed by atoms with Crippen molar-refractivity contribution in [2.75, 3.05) is 0 Å². The van der Waals surface area contributed by atoms with Gasteiger partial charge in [0, 0.05) is 34.1 Å². The molecule has 0 unspecified atom stereocenters. The summed E-state index contributed by atoms with van der Waals surface area (Å²) in [5, 5.41) is 16.1. The Labute approximate surface area is 154 Å². The van der Waals surface area contributed by atoms with Crippen LogP contribution in [0.25, 0.3) is 0 Å². The Hall–Kier alpha value is -2.50. The van der Waals surface area contributed by atoms with Crippen molar-refractivity contribution >= 4 is 34.4 Å². The van der Waals surface area contributed by atoms with E-state index in [-0.39, 0.29) is 18.6 Å². The molecule has 4 nitrogen and oxygen atoms in total. The lowest BCUT2D eigenvalue weighted by atomic mass is 9.94. The van der Waals surface area contributed by atoms with Gasteiger partial charge in [0.1, 0.15) is 11.5 Å². The highest BCUT2D eigenvalue weighted by Crippen LogP contribution is 2.21. The van der Waals surface area contributed by atoms with Crippen molar-refractivity contribution in [3.63, 3.8) is 0 Å². The quantitative estimate of drug-likeness (QED) is 0.398. The Bertz CT molecular complexity index is 893. The highest BCUT2D eigenvalue weighted by atomic mass is 35.5. The van der Waals surface area contributed by atoms with Crippen LogP contribution in [0.2, 0.25) is 5.02 Å². The predicted octanol–water partition coefficient (Wildman–Crippen LogP) is 4.38. The van der Waals surface area contributed by atoms with Crippen LogP contribution in [0, 0.1) is 0 Å². The third kappa shape index (κ3) is 4.32. The van der Waals surface area contributed by atoms with E-state index in [0.717, 1.165) is 16.1 Å². The molecule has 0 aliphatic carbocycles. The van der Waals surface area contributed by atoms with E-state index in [1.807, 2.05) is 35.7 Å². The van der Waals surface area contributed by atoms with Gasteiger partial charge < -0.3 is 5.21 Å². The topological polar surface area (TPSA) is 62.5 Å². The first kappa shape index (κ1) is 17.3. The van der Waals surface area contributed by atoms with Crippen molar-refractivity contribution < 1.29 is 10.0 Å². The van der Waals surface area contributed by atoms with E-state index < -0.39 is 0 Å². The number of nitrogens with zero attached hydrogens (tertiary/aromatic N) is 2. The number of oxime groups is 1. The number of ketones is 1. The summed E-state index contributed by atoms with van der Waals surface area (Å²) in [5.74, 6) is 0.0313. The number of benzene rings is 2. The predicted molar refractivity (Wildman–Crippen MR) is 99.8 cm³/mol. The molecular formula is C19H15ClN2O2S.